The number of rotatable bonds is 3. The number of carboxylic acids is 1. The van der Waals surface area contributed by atoms with Crippen LogP contribution in [0.4, 0.5) is 0 Å². The summed E-state index contributed by atoms with van der Waals surface area (Å²) in [5, 5.41) is 15.8. The minimum absolute atomic E-state index is 0.945. The van der Waals surface area contributed by atoms with Crippen LogP contribution in [0, 0.1) is 0 Å². The van der Waals surface area contributed by atoms with Crippen LogP contribution in [0.15, 0.2) is 25.1 Å². The van der Waals surface area contributed by atoms with Gasteiger partial charge in [-0.3, -0.25) is 0 Å². The van der Waals surface area contributed by atoms with Crippen molar-refractivity contribution in [3.8, 4) is 0 Å². The zero-order valence-electron chi connectivity index (χ0n) is 9.13. The lowest BCUT2D eigenvalue weighted by Gasteiger charge is -2.15. The molecule has 0 saturated heterocycles. The number of carbonyl (C=O) groups is 1. The zero-order valence-corrected chi connectivity index (χ0v) is 9.13. The Balaban J connectivity index is 0.000000288. The van der Waals surface area contributed by atoms with Crippen LogP contribution in [0.1, 0.15) is 6.92 Å². The van der Waals surface area contributed by atoms with Crippen LogP contribution in [0.25, 0.3) is 0 Å². The second kappa shape index (κ2) is 6.89. The zero-order chi connectivity index (χ0) is 11.8. The first-order valence-electron chi connectivity index (χ1n) is 4.61. The maximum absolute atomic E-state index is 9.45. The average molecular weight is 214 g/mol. The Bertz CT molecular complexity index is 239. The maximum atomic E-state index is 9.45. The molecule has 0 aliphatic carbocycles. The summed E-state index contributed by atoms with van der Waals surface area (Å²) in [6.07, 6.45) is 4.80. The van der Waals surface area contributed by atoms with E-state index in [1.54, 1.807) is 0 Å². The summed E-state index contributed by atoms with van der Waals surface area (Å²) in [4.78, 5) is 13.8. The first kappa shape index (κ1) is 13.5. The van der Waals surface area contributed by atoms with E-state index in [9.17, 15) is 4.79 Å². The van der Waals surface area contributed by atoms with Gasteiger partial charge in [-0.05, 0) is 6.92 Å². The van der Waals surface area contributed by atoms with E-state index < -0.39 is 12.1 Å². The first-order valence-corrected chi connectivity index (χ1v) is 4.61. The number of hydrogen-bond acceptors (Lipinski definition) is 4. The summed E-state index contributed by atoms with van der Waals surface area (Å²) in [7, 11) is 2.06. The minimum atomic E-state index is -1.23. The van der Waals surface area contributed by atoms with Crippen molar-refractivity contribution in [3.05, 3.63) is 25.1 Å². The molecule has 0 radical (unpaired) electrons. The second-order valence-electron chi connectivity index (χ2n) is 3.27. The maximum Gasteiger partial charge on any atom is 0.332 e. The number of hydrogen-bond donors (Lipinski definition) is 2. The van der Waals surface area contributed by atoms with E-state index in [4.69, 9.17) is 10.2 Å². The van der Waals surface area contributed by atoms with E-state index in [1.807, 2.05) is 6.08 Å². The van der Waals surface area contributed by atoms with Crippen LogP contribution in [0.2, 0.25) is 0 Å². The Morgan fingerprint density at radius 3 is 2.47 bits per heavy atom. The Hall–Kier alpha value is -1.49. The van der Waals surface area contributed by atoms with Crippen molar-refractivity contribution in [2.24, 2.45) is 0 Å². The predicted molar refractivity (Wildman–Crippen MR) is 58.0 cm³/mol. The Morgan fingerprint density at radius 2 is 2.20 bits per heavy atom. The summed E-state index contributed by atoms with van der Waals surface area (Å²) in [5.74, 6) is -1.19. The number of nitrogens with zero attached hydrogens (tertiary/aromatic N) is 2. The van der Waals surface area contributed by atoms with Crippen LogP contribution < -0.4 is 0 Å². The molecule has 1 atom stereocenters. The molecule has 0 amide bonds. The third-order valence-electron chi connectivity index (χ3n) is 1.66. The van der Waals surface area contributed by atoms with Crippen molar-refractivity contribution >= 4 is 5.97 Å². The number of aliphatic carboxylic acids is 1. The lowest BCUT2D eigenvalue weighted by atomic mass is 10.4. The fourth-order valence-electron chi connectivity index (χ4n) is 0.873. The van der Waals surface area contributed by atoms with Crippen LogP contribution in [0.5, 0.6) is 0 Å². The van der Waals surface area contributed by atoms with Gasteiger partial charge in [0, 0.05) is 26.0 Å². The monoisotopic (exact) mass is 214 g/mol. The first-order chi connectivity index (χ1) is 6.97. The van der Waals surface area contributed by atoms with E-state index in [-0.39, 0.29) is 0 Å². The Labute approximate surface area is 89.9 Å². The quantitative estimate of drug-likeness (QED) is 0.662. The van der Waals surface area contributed by atoms with Gasteiger partial charge in [0.15, 0.2) is 0 Å². The Morgan fingerprint density at radius 1 is 1.67 bits per heavy atom. The van der Waals surface area contributed by atoms with Crippen molar-refractivity contribution in [2.45, 2.75) is 13.0 Å². The molecule has 5 heteroatoms. The standard InChI is InChI=1S/C7H12N2.C3H6O3/c1-3-4-9-6-5-8(2)7-9;1-2(4)3(5)6/h3,5-6H,1,4,7H2,2H3;2,4H,1H3,(H,5,6). The fourth-order valence-corrected chi connectivity index (χ4v) is 0.873. The van der Waals surface area contributed by atoms with Crippen LogP contribution in [0.3, 0.4) is 0 Å². The molecule has 2 N–H and O–H groups in total. The number of aliphatic hydroxyl groups is 1. The van der Waals surface area contributed by atoms with Crippen LogP contribution in [-0.4, -0.2) is 52.3 Å². The lowest BCUT2D eigenvalue weighted by Crippen LogP contribution is -2.21. The fraction of sp³-hybridized carbons (Fsp3) is 0.500. The molecule has 86 valence electrons. The molecule has 5 nitrogen and oxygen atoms in total. The SMILES string of the molecule is C=CCN1C=CN(C)C1.CC(O)C(=O)O. The van der Waals surface area contributed by atoms with E-state index >= 15 is 0 Å². The van der Waals surface area contributed by atoms with Crippen molar-refractivity contribution in [3.63, 3.8) is 0 Å². The summed E-state index contributed by atoms with van der Waals surface area (Å²) < 4.78 is 0. The van der Waals surface area contributed by atoms with Crippen LogP contribution >= 0.6 is 0 Å². The molecule has 0 spiro atoms. The summed E-state index contributed by atoms with van der Waals surface area (Å²) in [6, 6.07) is 0. The van der Waals surface area contributed by atoms with Crippen molar-refractivity contribution in [1.29, 1.82) is 0 Å². The van der Waals surface area contributed by atoms with E-state index in [0.717, 1.165) is 13.2 Å². The smallest absolute Gasteiger partial charge is 0.332 e. The van der Waals surface area contributed by atoms with Crippen LogP contribution in [-0.2, 0) is 4.79 Å². The molecule has 15 heavy (non-hydrogen) atoms. The third kappa shape index (κ3) is 6.56. The molecular formula is C10H18N2O3. The van der Waals surface area contributed by atoms with Gasteiger partial charge < -0.3 is 20.0 Å². The van der Waals surface area contributed by atoms with Crippen molar-refractivity contribution in [1.82, 2.24) is 9.80 Å². The number of aliphatic hydroxyl groups excluding tert-OH is 1. The topological polar surface area (TPSA) is 64.0 Å². The highest BCUT2D eigenvalue weighted by molar-refractivity contribution is 5.71. The molecule has 1 heterocycles. The van der Waals surface area contributed by atoms with Gasteiger partial charge in [-0.1, -0.05) is 6.08 Å². The highest BCUT2D eigenvalue weighted by atomic mass is 16.4. The average Bonchev–Trinajstić information content (AvgIpc) is 2.53. The van der Waals surface area contributed by atoms with E-state index in [0.29, 0.717) is 0 Å². The molecule has 1 unspecified atom stereocenters. The van der Waals surface area contributed by atoms with Gasteiger partial charge in [0.25, 0.3) is 0 Å². The summed E-state index contributed by atoms with van der Waals surface area (Å²) in [5.41, 5.74) is 0. The van der Waals surface area contributed by atoms with Crippen molar-refractivity contribution in [2.75, 3.05) is 20.3 Å². The largest absolute Gasteiger partial charge is 0.479 e. The summed E-state index contributed by atoms with van der Waals surface area (Å²) >= 11 is 0. The lowest BCUT2D eigenvalue weighted by molar-refractivity contribution is -0.145. The molecule has 1 aliphatic heterocycles. The molecule has 0 aromatic rings. The molecule has 0 aromatic heterocycles. The minimum Gasteiger partial charge on any atom is -0.479 e. The summed E-state index contributed by atoms with van der Waals surface area (Å²) in [6.45, 7) is 6.79. The van der Waals surface area contributed by atoms with Gasteiger partial charge in [0.1, 0.15) is 6.10 Å². The van der Waals surface area contributed by atoms with Gasteiger partial charge in [-0.25, -0.2) is 4.79 Å². The predicted octanol–water partition coefficient (Wildman–Crippen LogP) is 0.300. The molecule has 0 fully saturated rings. The Kier molecular flexibility index (Phi) is 6.21. The van der Waals surface area contributed by atoms with E-state index in [1.165, 1.54) is 6.92 Å². The highest BCUT2D eigenvalue weighted by Crippen LogP contribution is 2.01. The van der Waals surface area contributed by atoms with Gasteiger partial charge in [0.2, 0.25) is 0 Å². The third-order valence-corrected chi connectivity index (χ3v) is 1.66. The number of carboxylic acid groups (broad SMARTS) is 1. The van der Waals surface area contributed by atoms with Gasteiger partial charge in [-0.15, -0.1) is 6.58 Å². The van der Waals surface area contributed by atoms with Crippen molar-refractivity contribution < 1.29 is 15.0 Å². The van der Waals surface area contributed by atoms with Gasteiger partial charge >= 0.3 is 5.97 Å². The van der Waals surface area contributed by atoms with Gasteiger partial charge in [0.05, 0.1) is 6.67 Å². The highest BCUT2D eigenvalue weighted by Gasteiger charge is 2.04. The van der Waals surface area contributed by atoms with E-state index in [2.05, 4.69) is 35.8 Å². The second-order valence-corrected chi connectivity index (χ2v) is 3.27. The molecule has 1 rings (SSSR count). The van der Waals surface area contributed by atoms with Gasteiger partial charge in [-0.2, -0.15) is 0 Å². The molecule has 0 bridgehead atoms. The molecule has 0 saturated carbocycles. The molecule has 1 aliphatic rings. The molecule has 0 aromatic carbocycles. The normalized spacial score (nSPS) is 15.7. The molecular weight excluding hydrogens is 196 g/mol.